The molecule has 2 heterocycles. The lowest BCUT2D eigenvalue weighted by atomic mass is 9.79. The van der Waals surface area contributed by atoms with Crippen LogP contribution >= 0.6 is 0 Å². The summed E-state index contributed by atoms with van der Waals surface area (Å²) >= 11 is 0. The van der Waals surface area contributed by atoms with Gasteiger partial charge in [-0.2, -0.15) is 5.21 Å². The predicted molar refractivity (Wildman–Crippen MR) is 59.7 cm³/mol. The van der Waals surface area contributed by atoms with Crippen molar-refractivity contribution in [3.05, 3.63) is 5.82 Å². The second-order valence-electron chi connectivity index (χ2n) is 5.02. The van der Waals surface area contributed by atoms with Crippen LogP contribution in [-0.4, -0.2) is 38.6 Å². The van der Waals surface area contributed by atoms with Crippen LogP contribution in [0.1, 0.15) is 50.8 Å². The average Bonchev–Trinajstić information content (AvgIpc) is 3.04. The molecule has 2 fully saturated rings. The van der Waals surface area contributed by atoms with E-state index in [0.717, 1.165) is 5.82 Å². The topological polar surface area (TPSA) is 57.7 Å². The number of hydrogen-bond donors (Lipinski definition) is 1. The zero-order valence-electron chi connectivity index (χ0n) is 9.65. The van der Waals surface area contributed by atoms with Crippen LogP contribution in [0.4, 0.5) is 0 Å². The van der Waals surface area contributed by atoms with Crippen molar-refractivity contribution < 1.29 is 0 Å². The summed E-state index contributed by atoms with van der Waals surface area (Å²) in [5.74, 6) is 0.925. The number of rotatable bonds is 2. The van der Waals surface area contributed by atoms with Gasteiger partial charge in [0, 0.05) is 0 Å². The zero-order valence-corrected chi connectivity index (χ0v) is 9.65. The lowest BCUT2D eigenvalue weighted by Gasteiger charge is -2.42. The SMILES string of the molecule is C1CCC(c2nn[nH]n2)(N2CCCC2)CC1. The average molecular weight is 221 g/mol. The van der Waals surface area contributed by atoms with Crippen LogP contribution in [0.2, 0.25) is 0 Å². The Hall–Kier alpha value is -0.970. The van der Waals surface area contributed by atoms with Crippen LogP contribution in [-0.2, 0) is 5.54 Å². The first-order valence-corrected chi connectivity index (χ1v) is 6.41. The maximum Gasteiger partial charge on any atom is 0.194 e. The molecule has 3 rings (SSSR count). The highest BCUT2D eigenvalue weighted by molar-refractivity contribution is 5.06. The van der Waals surface area contributed by atoms with E-state index in [4.69, 9.17) is 0 Å². The van der Waals surface area contributed by atoms with Crippen molar-refractivity contribution in [1.82, 2.24) is 25.5 Å². The molecular weight excluding hydrogens is 202 g/mol. The molecule has 0 radical (unpaired) electrons. The van der Waals surface area contributed by atoms with Crippen LogP contribution in [0.15, 0.2) is 0 Å². The van der Waals surface area contributed by atoms with Crippen molar-refractivity contribution in [2.75, 3.05) is 13.1 Å². The minimum atomic E-state index is 0.0990. The molecule has 16 heavy (non-hydrogen) atoms. The van der Waals surface area contributed by atoms with E-state index in [9.17, 15) is 0 Å². The van der Waals surface area contributed by atoms with Gasteiger partial charge in [0.2, 0.25) is 0 Å². The van der Waals surface area contributed by atoms with E-state index >= 15 is 0 Å². The largest absolute Gasteiger partial charge is 0.291 e. The molecular formula is C11H19N5. The number of nitrogens with zero attached hydrogens (tertiary/aromatic N) is 4. The minimum Gasteiger partial charge on any atom is -0.291 e. The summed E-state index contributed by atoms with van der Waals surface area (Å²) in [7, 11) is 0. The Morgan fingerprint density at radius 3 is 2.38 bits per heavy atom. The minimum absolute atomic E-state index is 0.0990. The number of H-pyrrole nitrogens is 1. The number of nitrogens with one attached hydrogen (secondary N) is 1. The van der Waals surface area contributed by atoms with Gasteiger partial charge in [-0.05, 0) is 38.8 Å². The highest BCUT2D eigenvalue weighted by atomic mass is 15.5. The first-order chi connectivity index (χ1) is 7.92. The molecule has 2 aliphatic rings. The Labute approximate surface area is 95.6 Å². The fourth-order valence-corrected chi connectivity index (χ4v) is 3.32. The molecule has 0 unspecified atom stereocenters. The van der Waals surface area contributed by atoms with Gasteiger partial charge in [-0.15, -0.1) is 10.2 Å². The predicted octanol–water partition coefficient (Wildman–Crippen LogP) is 1.45. The number of aromatic amines is 1. The molecule has 0 amide bonds. The van der Waals surface area contributed by atoms with Gasteiger partial charge in [0.15, 0.2) is 5.82 Å². The molecule has 5 nitrogen and oxygen atoms in total. The number of hydrogen-bond acceptors (Lipinski definition) is 4. The lowest BCUT2D eigenvalue weighted by Crippen LogP contribution is -2.46. The third-order valence-electron chi connectivity index (χ3n) is 4.15. The van der Waals surface area contributed by atoms with Crippen molar-refractivity contribution in [3.63, 3.8) is 0 Å². The number of aromatic nitrogens is 4. The van der Waals surface area contributed by atoms with E-state index in [-0.39, 0.29) is 5.54 Å². The third kappa shape index (κ3) is 1.54. The molecule has 0 spiro atoms. The van der Waals surface area contributed by atoms with E-state index in [1.165, 1.54) is 58.0 Å². The second-order valence-corrected chi connectivity index (χ2v) is 5.02. The fourth-order valence-electron chi connectivity index (χ4n) is 3.32. The molecule has 1 saturated carbocycles. The van der Waals surface area contributed by atoms with Gasteiger partial charge in [0.25, 0.3) is 0 Å². The van der Waals surface area contributed by atoms with Gasteiger partial charge in [0.1, 0.15) is 0 Å². The van der Waals surface area contributed by atoms with Crippen molar-refractivity contribution in [2.45, 2.75) is 50.5 Å². The molecule has 88 valence electrons. The Kier molecular flexibility index (Phi) is 2.63. The Bertz CT molecular complexity index is 322. The fraction of sp³-hybridized carbons (Fsp3) is 0.909. The molecule has 1 saturated heterocycles. The maximum absolute atomic E-state index is 4.27. The summed E-state index contributed by atoms with van der Waals surface area (Å²) in [6, 6.07) is 0. The lowest BCUT2D eigenvalue weighted by molar-refractivity contribution is 0.0619. The molecule has 5 heteroatoms. The van der Waals surface area contributed by atoms with Gasteiger partial charge in [-0.1, -0.05) is 24.5 Å². The van der Waals surface area contributed by atoms with Crippen LogP contribution < -0.4 is 0 Å². The summed E-state index contributed by atoms with van der Waals surface area (Å²) in [6.07, 6.45) is 8.99. The highest BCUT2D eigenvalue weighted by Crippen LogP contribution is 2.41. The summed E-state index contributed by atoms with van der Waals surface area (Å²) in [6.45, 7) is 2.41. The van der Waals surface area contributed by atoms with E-state index in [2.05, 4.69) is 25.5 Å². The molecule has 1 aromatic rings. The second kappa shape index (κ2) is 4.13. The number of likely N-dealkylation sites (tertiary alicyclic amines) is 1. The summed E-state index contributed by atoms with van der Waals surface area (Å²) in [5.41, 5.74) is 0.0990. The summed E-state index contributed by atoms with van der Waals surface area (Å²) < 4.78 is 0. The number of tetrazole rings is 1. The van der Waals surface area contributed by atoms with Gasteiger partial charge < -0.3 is 0 Å². The van der Waals surface area contributed by atoms with Crippen molar-refractivity contribution in [2.24, 2.45) is 0 Å². The molecule has 1 N–H and O–H groups in total. The van der Waals surface area contributed by atoms with Crippen molar-refractivity contribution >= 4 is 0 Å². The van der Waals surface area contributed by atoms with Crippen LogP contribution in [0.5, 0.6) is 0 Å². The molecule has 1 aliphatic heterocycles. The van der Waals surface area contributed by atoms with E-state index < -0.39 is 0 Å². The van der Waals surface area contributed by atoms with Crippen LogP contribution in [0, 0.1) is 0 Å². The van der Waals surface area contributed by atoms with Gasteiger partial charge in [-0.3, -0.25) is 4.90 Å². The molecule has 0 bridgehead atoms. The smallest absolute Gasteiger partial charge is 0.194 e. The van der Waals surface area contributed by atoms with Crippen LogP contribution in [0.25, 0.3) is 0 Å². The van der Waals surface area contributed by atoms with Gasteiger partial charge in [-0.25, -0.2) is 0 Å². The normalized spacial score (nSPS) is 26.0. The van der Waals surface area contributed by atoms with Crippen molar-refractivity contribution in [3.8, 4) is 0 Å². The van der Waals surface area contributed by atoms with E-state index in [0.29, 0.717) is 0 Å². The standard InChI is InChI=1S/C11H19N5/c1-2-6-11(7-3-1,10-12-14-15-13-10)16-8-4-5-9-16/h1-9H2,(H,12,13,14,15). The Balaban J connectivity index is 1.92. The molecule has 1 aromatic heterocycles. The Morgan fingerprint density at radius 2 is 1.75 bits per heavy atom. The monoisotopic (exact) mass is 221 g/mol. The molecule has 0 aromatic carbocycles. The maximum atomic E-state index is 4.27. The van der Waals surface area contributed by atoms with Crippen molar-refractivity contribution in [1.29, 1.82) is 0 Å². The Morgan fingerprint density at radius 1 is 1.00 bits per heavy atom. The zero-order chi connectivity index (χ0) is 10.8. The van der Waals surface area contributed by atoms with Gasteiger partial charge in [0.05, 0.1) is 5.54 Å². The van der Waals surface area contributed by atoms with Gasteiger partial charge >= 0.3 is 0 Å². The summed E-state index contributed by atoms with van der Waals surface area (Å²) in [5, 5.41) is 14.9. The quantitative estimate of drug-likeness (QED) is 0.821. The summed E-state index contributed by atoms with van der Waals surface area (Å²) in [4.78, 5) is 2.59. The van der Waals surface area contributed by atoms with E-state index in [1.807, 2.05) is 0 Å². The first kappa shape index (κ1) is 10.2. The highest BCUT2D eigenvalue weighted by Gasteiger charge is 2.43. The van der Waals surface area contributed by atoms with E-state index in [1.54, 1.807) is 0 Å². The third-order valence-corrected chi connectivity index (χ3v) is 4.15. The molecule has 1 aliphatic carbocycles. The molecule has 0 atom stereocenters. The van der Waals surface area contributed by atoms with Crippen LogP contribution in [0.3, 0.4) is 0 Å². The first-order valence-electron chi connectivity index (χ1n) is 6.41.